The Balaban J connectivity index is 1.70. The van der Waals surface area contributed by atoms with E-state index >= 15 is 0 Å². The van der Waals surface area contributed by atoms with Crippen LogP contribution in [-0.2, 0) is 4.74 Å². The Morgan fingerprint density at radius 2 is 1.88 bits per heavy atom. The van der Waals surface area contributed by atoms with E-state index in [9.17, 15) is 14.0 Å². The van der Waals surface area contributed by atoms with E-state index in [0.717, 1.165) is 11.6 Å². The van der Waals surface area contributed by atoms with Gasteiger partial charge in [0.1, 0.15) is 15.7 Å². The van der Waals surface area contributed by atoms with E-state index in [4.69, 9.17) is 4.74 Å². The lowest BCUT2D eigenvalue weighted by Crippen LogP contribution is -2.14. The maximum absolute atomic E-state index is 13.1. The van der Waals surface area contributed by atoms with Crippen molar-refractivity contribution in [1.82, 2.24) is 4.98 Å². The third-order valence-electron chi connectivity index (χ3n) is 3.48. The first-order valence-electron chi connectivity index (χ1n) is 7.53. The summed E-state index contributed by atoms with van der Waals surface area (Å²) in [7, 11) is 0. The number of hydrogen-bond acceptors (Lipinski definition) is 5. The van der Waals surface area contributed by atoms with E-state index in [1.165, 1.54) is 29.5 Å². The Labute approximate surface area is 147 Å². The van der Waals surface area contributed by atoms with E-state index in [2.05, 4.69) is 4.98 Å². The molecule has 25 heavy (non-hydrogen) atoms. The molecular formula is C19H14FNO3S. The second-order valence-electron chi connectivity index (χ2n) is 5.31. The lowest BCUT2D eigenvalue weighted by Gasteiger charge is -2.03. The number of esters is 1. The van der Waals surface area contributed by atoms with Gasteiger partial charge < -0.3 is 4.74 Å². The first kappa shape index (κ1) is 17.0. The van der Waals surface area contributed by atoms with Crippen LogP contribution in [0.5, 0.6) is 0 Å². The van der Waals surface area contributed by atoms with Crippen molar-refractivity contribution in [3.63, 3.8) is 0 Å². The smallest absolute Gasteiger partial charge is 0.350 e. The summed E-state index contributed by atoms with van der Waals surface area (Å²) >= 11 is 1.21. The van der Waals surface area contributed by atoms with Crippen molar-refractivity contribution in [2.24, 2.45) is 0 Å². The molecule has 0 aliphatic carbocycles. The summed E-state index contributed by atoms with van der Waals surface area (Å²) < 4.78 is 18.2. The molecule has 0 saturated carbocycles. The highest BCUT2D eigenvalue weighted by Gasteiger charge is 2.19. The Bertz CT molecular complexity index is 921. The Morgan fingerprint density at radius 1 is 1.12 bits per heavy atom. The minimum Gasteiger partial charge on any atom is -0.453 e. The zero-order valence-electron chi connectivity index (χ0n) is 13.4. The molecule has 1 aromatic heterocycles. The fraction of sp³-hybridized carbons (Fsp3) is 0.105. The molecule has 3 rings (SSSR count). The number of hydrogen-bond donors (Lipinski definition) is 0. The number of rotatable bonds is 5. The van der Waals surface area contributed by atoms with E-state index in [1.807, 2.05) is 30.3 Å². The molecule has 0 radical (unpaired) electrons. The minimum atomic E-state index is -0.609. The van der Waals surface area contributed by atoms with Crippen molar-refractivity contribution < 1.29 is 18.7 Å². The molecule has 6 heteroatoms. The summed E-state index contributed by atoms with van der Waals surface area (Å²) in [5.41, 5.74) is 1.62. The summed E-state index contributed by atoms with van der Waals surface area (Å²) in [5.74, 6) is -1.58. The number of Topliss-reactive ketones (excluding diaryl/α,β-unsaturated/α-hetero) is 1. The molecule has 0 spiro atoms. The number of halogens is 1. The van der Waals surface area contributed by atoms with Crippen molar-refractivity contribution >= 4 is 23.1 Å². The lowest BCUT2D eigenvalue weighted by molar-refractivity contribution is 0.0478. The number of thiazole rings is 1. The predicted molar refractivity (Wildman–Crippen MR) is 93.3 cm³/mol. The second-order valence-corrected chi connectivity index (χ2v) is 6.31. The molecule has 0 bridgehead atoms. The monoisotopic (exact) mass is 355 g/mol. The van der Waals surface area contributed by atoms with Gasteiger partial charge in [0, 0.05) is 11.1 Å². The molecule has 2 aromatic carbocycles. The summed E-state index contributed by atoms with van der Waals surface area (Å²) in [5, 5.41) is 0.710. The molecule has 0 amide bonds. The van der Waals surface area contributed by atoms with Gasteiger partial charge in [0.05, 0.1) is 5.69 Å². The van der Waals surface area contributed by atoms with Crippen molar-refractivity contribution in [3.05, 3.63) is 76.5 Å². The van der Waals surface area contributed by atoms with Crippen LogP contribution < -0.4 is 0 Å². The molecule has 3 aromatic rings. The van der Waals surface area contributed by atoms with Crippen LogP contribution in [0, 0.1) is 12.7 Å². The standard InChI is InChI=1S/C19H14FNO3S/c1-12-17(25-18(21-12)13-6-3-2-4-7-13)19(23)24-11-16(22)14-8-5-9-15(20)10-14/h2-10H,11H2,1H3. The van der Waals surface area contributed by atoms with Crippen LogP contribution in [-0.4, -0.2) is 23.3 Å². The highest BCUT2D eigenvalue weighted by molar-refractivity contribution is 7.17. The number of nitrogens with zero attached hydrogens (tertiary/aromatic N) is 1. The van der Waals surface area contributed by atoms with Gasteiger partial charge in [-0.2, -0.15) is 0 Å². The minimum absolute atomic E-state index is 0.166. The van der Waals surface area contributed by atoms with Gasteiger partial charge in [-0.25, -0.2) is 14.2 Å². The second kappa shape index (κ2) is 7.36. The van der Waals surface area contributed by atoms with Gasteiger partial charge in [0.15, 0.2) is 12.4 Å². The normalized spacial score (nSPS) is 10.5. The summed E-state index contributed by atoms with van der Waals surface area (Å²) in [4.78, 5) is 29.0. The molecule has 0 aliphatic heterocycles. The molecule has 0 saturated heterocycles. The molecule has 0 fully saturated rings. The van der Waals surface area contributed by atoms with Gasteiger partial charge in [-0.3, -0.25) is 4.79 Å². The van der Waals surface area contributed by atoms with E-state index in [1.54, 1.807) is 6.92 Å². The molecule has 0 aliphatic rings. The Kier molecular flexibility index (Phi) is 5.00. The third-order valence-corrected chi connectivity index (χ3v) is 4.67. The Morgan fingerprint density at radius 3 is 2.60 bits per heavy atom. The predicted octanol–water partition coefficient (Wildman–Crippen LogP) is 4.30. The quantitative estimate of drug-likeness (QED) is 0.506. The zero-order chi connectivity index (χ0) is 17.8. The third kappa shape index (κ3) is 3.97. The van der Waals surface area contributed by atoms with Crippen molar-refractivity contribution in [1.29, 1.82) is 0 Å². The van der Waals surface area contributed by atoms with Gasteiger partial charge in [0.25, 0.3) is 0 Å². The highest BCUT2D eigenvalue weighted by atomic mass is 32.1. The fourth-order valence-electron chi connectivity index (χ4n) is 2.23. The summed E-state index contributed by atoms with van der Waals surface area (Å²) in [6, 6.07) is 14.8. The molecule has 0 N–H and O–H groups in total. The van der Waals surface area contributed by atoms with Crippen LogP contribution in [0.15, 0.2) is 54.6 Å². The number of aromatic nitrogens is 1. The van der Waals surface area contributed by atoms with Gasteiger partial charge >= 0.3 is 5.97 Å². The molecule has 126 valence electrons. The van der Waals surface area contributed by atoms with Gasteiger partial charge in [0.2, 0.25) is 0 Å². The first-order valence-corrected chi connectivity index (χ1v) is 8.35. The first-order chi connectivity index (χ1) is 12.0. The SMILES string of the molecule is Cc1nc(-c2ccccc2)sc1C(=O)OCC(=O)c1cccc(F)c1. The number of benzene rings is 2. The van der Waals surface area contributed by atoms with E-state index in [0.29, 0.717) is 15.6 Å². The van der Waals surface area contributed by atoms with Crippen molar-refractivity contribution in [3.8, 4) is 10.6 Å². The van der Waals surface area contributed by atoms with E-state index in [-0.39, 0.29) is 5.56 Å². The number of carbonyl (C=O) groups excluding carboxylic acids is 2. The van der Waals surface area contributed by atoms with Gasteiger partial charge in [-0.15, -0.1) is 11.3 Å². The molecule has 0 unspecified atom stereocenters. The van der Waals surface area contributed by atoms with Crippen LogP contribution in [0.25, 0.3) is 10.6 Å². The number of carbonyl (C=O) groups is 2. The lowest BCUT2D eigenvalue weighted by atomic mass is 10.1. The number of ether oxygens (including phenoxy) is 1. The van der Waals surface area contributed by atoms with Crippen LogP contribution in [0.3, 0.4) is 0 Å². The summed E-state index contributed by atoms with van der Waals surface area (Å²) in [6.07, 6.45) is 0. The van der Waals surface area contributed by atoms with Gasteiger partial charge in [-0.1, -0.05) is 42.5 Å². The van der Waals surface area contributed by atoms with Crippen LogP contribution >= 0.6 is 11.3 Å². The Hall–Kier alpha value is -2.86. The average molecular weight is 355 g/mol. The average Bonchev–Trinajstić information content (AvgIpc) is 3.02. The number of aryl methyl sites for hydroxylation is 1. The van der Waals surface area contributed by atoms with Crippen LogP contribution in [0.1, 0.15) is 25.7 Å². The molecule has 1 heterocycles. The molecule has 0 atom stereocenters. The van der Waals surface area contributed by atoms with E-state index < -0.39 is 24.2 Å². The fourth-order valence-corrected chi connectivity index (χ4v) is 3.20. The number of ketones is 1. The molecule has 4 nitrogen and oxygen atoms in total. The summed E-state index contributed by atoms with van der Waals surface area (Å²) in [6.45, 7) is 1.27. The van der Waals surface area contributed by atoms with Gasteiger partial charge in [-0.05, 0) is 19.1 Å². The highest BCUT2D eigenvalue weighted by Crippen LogP contribution is 2.28. The van der Waals surface area contributed by atoms with Crippen LogP contribution in [0.4, 0.5) is 4.39 Å². The maximum Gasteiger partial charge on any atom is 0.350 e. The van der Waals surface area contributed by atoms with Crippen molar-refractivity contribution in [2.45, 2.75) is 6.92 Å². The van der Waals surface area contributed by atoms with Crippen molar-refractivity contribution in [2.75, 3.05) is 6.61 Å². The largest absolute Gasteiger partial charge is 0.453 e. The van der Waals surface area contributed by atoms with Crippen LogP contribution in [0.2, 0.25) is 0 Å². The maximum atomic E-state index is 13.1. The zero-order valence-corrected chi connectivity index (χ0v) is 14.2. The topological polar surface area (TPSA) is 56.3 Å². The molecular weight excluding hydrogens is 341 g/mol.